The SMILES string of the molecule is CC(C)(C)P(C1=Cc2ccccc2C1C1C(P(C2CCCCC2)C2CCCCC2)=Cc2ccccc21)C(C)(C)C. The Morgan fingerprint density at radius 1 is 0.525 bits per heavy atom. The van der Waals surface area contributed by atoms with Gasteiger partial charge in [0.2, 0.25) is 0 Å². The Morgan fingerprint density at radius 2 is 0.925 bits per heavy atom. The van der Waals surface area contributed by atoms with Crippen LogP contribution < -0.4 is 0 Å². The quantitative estimate of drug-likeness (QED) is 0.314. The maximum absolute atomic E-state index is 2.75. The Morgan fingerprint density at radius 3 is 1.38 bits per heavy atom. The molecule has 0 N–H and O–H groups in total. The smallest absolute Gasteiger partial charge is 0.0210 e. The van der Waals surface area contributed by atoms with Crippen molar-refractivity contribution in [2.75, 3.05) is 0 Å². The van der Waals surface area contributed by atoms with E-state index < -0.39 is 0 Å². The van der Waals surface area contributed by atoms with Gasteiger partial charge < -0.3 is 0 Å². The van der Waals surface area contributed by atoms with Gasteiger partial charge in [-0.1, -0.05) is 157 Å². The molecule has 0 amide bonds. The summed E-state index contributed by atoms with van der Waals surface area (Å²) in [5.74, 6) is 0.989. The van der Waals surface area contributed by atoms with Gasteiger partial charge in [-0.15, -0.1) is 0 Å². The summed E-state index contributed by atoms with van der Waals surface area (Å²) in [7, 11) is -0.504. The Kier molecular flexibility index (Phi) is 8.27. The second kappa shape index (κ2) is 11.5. The molecule has 0 nitrogen and oxygen atoms in total. The molecular weight excluding hydrogens is 518 g/mol. The van der Waals surface area contributed by atoms with E-state index in [1.165, 1.54) is 75.3 Å². The molecule has 6 rings (SSSR count). The van der Waals surface area contributed by atoms with Crippen molar-refractivity contribution >= 4 is 28.0 Å². The zero-order valence-electron chi connectivity index (χ0n) is 26.0. The van der Waals surface area contributed by atoms with Gasteiger partial charge in [-0.2, -0.15) is 0 Å². The van der Waals surface area contributed by atoms with Crippen LogP contribution in [0.25, 0.3) is 12.2 Å². The van der Waals surface area contributed by atoms with Gasteiger partial charge in [0.25, 0.3) is 0 Å². The van der Waals surface area contributed by atoms with Crippen molar-refractivity contribution in [1.29, 1.82) is 0 Å². The van der Waals surface area contributed by atoms with Crippen LogP contribution in [0.15, 0.2) is 59.2 Å². The van der Waals surface area contributed by atoms with Crippen LogP contribution in [0.3, 0.4) is 0 Å². The molecule has 214 valence electrons. The third-order valence-electron chi connectivity index (χ3n) is 10.1. The molecule has 0 heterocycles. The first-order valence-corrected chi connectivity index (χ1v) is 19.2. The van der Waals surface area contributed by atoms with E-state index in [4.69, 9.17) is 0 Å². The summed E-state index contributed by atoms with van der Waals surface area (Å²) in [6.07, 6.45) is 20.1. The van der Waals surface area contributed by atoms with E-state index in [1.54, 1.807) is 16.4 Å². The molecule has 0 saturated heterocycles. The lowest BCUT2D eigenvalue weighted by atomic mass is 9.84. The van der Waals surface area contributed by atoms with Gasteiger partial charge in [-0.3, -0.25) is 0 Å². The van der Waals surface area contributed by atoms with Gasteiger partial charge in [-0.05, 0) is 80.2 Å². The minimum atomic E-state index is -0.361. The molecule has 0 aromatic heterocycles. The summed E-state index contributed by atoms with van der Waals surface area (Å²) in [6.45, 7) is 15.1. The van der Waals surface area contributed by atoms with Crippen molar-refractivity contribution in [1.82, 2.24) is 0 Å². The number of rotatable bonds is 5. The van der Waals surface area contributed by atoms with Gasteiger partial charge in [0, 0.05) is 11.8 Å². The summed E-state index contributed by atoms with van der Waals surface area (Å²) in [6, 6.07) is 19.0. The van der Waals surface area contributed by atoms with Crippen LogP contribution in [-0.2, 0) is 0 Å². The van der Waals surface area contributed by atoms with Crippen LogP contribution in [0.5, 0.6) is 0 Å². The van der Waals surface area contributed by atoms with Crippen molar-refractivity contribution in [3.63, 3.8) is 0 Å². The molecule has 2 aromatic carbocycles. The van der Waals surface area contributed by atoms with Crippen LogP contribution in [0.2, 0.25) is 0 Å². The van der Waals surface area contributed by atoms with Gasteiger partial charge >= 0.3 is 0 Å². The largest absolute Gasteiger partial charge is 0.0727 e. The molecule has 0 radical (unpaired) electrons. The fraction of sp³-hybridized carbons (Fsp3) is 0.579. The summed E-state index contributed by atoms with van der Waals surface area (Å²) in [5, 5.41) is 4.18. The normalized spacial score (nSPS) is 24.3. The monoisotopic (exact) mass is 570 g/mol. The molecule has 2 unspecified atom stereocenters. The molecular formula is C38H52P2. The minimum absolute atomic E-state index is 0.143. The molecule has 2 heteroatoms. The molecule has 0 spiro atoms. The van der Waals surface area contributed by atoms with E-state index in [9.17, 15) is 0 Å². The summed E-state index contributed by atoms with van der Waals surface area (Å²) >= 11 is 0. The average molecular weight is 571 g/mol. The van der Waals surface area contributed by atoms with Gasteiger partial charge in [0.05, 0.1) is 0 Å². The van der Waals surface area contributed by atoms with Gasteiger partial charge in [0.15, 0.2) is 0 Å². The van der Waals surface area contributed by atoms with Crippen molar-refractivity contribution < 1.29 is 0 Å². The maximum atomic E-state index is 2.75. The molecule has 4 aliphatic rings. The molecule has 2 saturated carbocycles. The Balaban J connectivity index is 1.52. The van der Waals surface area contributed by atoms with Crippen molar-refractivity contribution in [2.24, 2.45) is 0 Å². The second-order valence-corrected chi connectivity index (χ2v) is 21.7. The van der Waals surface area contributed by atoms with Crippen molar-refractivity contribution in [3.8, 4) is 0 Å². The van der Waals surface area contributed by atoms with E-state index in [-0.39, 0.29) is 26.2 Å². The van der Waals surface area contributed by atoms with Crippen molar-refractivity contribution in [2.45, 2.75) is 139 Å². The average Bonchev–Trinajstić information content (AvgIpc) is 3.46. The molecule has 0 aliphatic heterocycles. The van der Waals surface area contributed by atoms with E-state index in [2.05, 4.69) is 102 Å². The van der Waals surface area contributed by atoms with E-state index in [0.29, 0.717) is 11.8 Å². The standard InChI is InChI=1S/C38H52P2/c1-37(2,3)40(38(4,5)6)34-26-28-18-14-16-24-32(28)36(34)35-31-23-15-13-17-27(31)25-33(35)39(29-19-9-7-10-20-29)30-21-11-8-12-22-30/h13-18,23-26,29-30,35-36H,7-12,19-22H2,1-6H3. The lowest BCUT2D eigenvalue weighted by molar-refractivity contribution is 0.485. The topological polar surface area (TPSA) is 0 Å². The minimum Gasteiger partial charge on any atom is -0.0727 e. The van der Waals surface area contributed by atoms with E-state index >= 15 is 0 Å². The van der Waals surface area contributed by atoms with Crippen LogP contribution in [0.4, 0.5) is 0 Å². The maximum Gasteiger partial charge on any atom is 0.0210 e. The fourth-order valence-corrected chi connectivity index (χ4v) is 17.6. The highest BCUT2D eigenvalue weighted by Crippen LogP contribution is 2.75. The zero-order valence-corrected chi connectivity index (χ0v) is 27.8. The summed E-state index contributed by atoms with van der Waals surface area (Å²) in [5.41, 5.74) is 8.12. The first kappa shape index (κ1) is 28.9. The molecule has 2 aromatic rings. The van der Waals surface area contributed by atoms with Gasteiger partial charge in [0.1, 0.15) is 0 Å². The molecule has 0 bridgehead atoms. The highest BCUT2D eigenvalue weighted by molar-refractivity contribution is 7.65. The van der Waals surface area contributed by atoms with Gasteiger partial charge in [-0.25, -0.2) is 0 Å². The molecule has 40 heavy (non-hydrogen) atoms. The molecule has 2 atom stereocenters. The first-order chi connectivity index (χ1) is 19.1. The Labute approximate surface area is 248 Å². The zero-order chi connectivity index (χ0) is 28.1. The predicted octanol–water partition coefficient (Wildman–Crippen LogP) is 12.5. The molecule has 4 aliphatic carbocycles. The lowest BCUT2D eigenvalue weighted by Crippen LogP contribution is -2.28. The number of benzene rings is 2. The lowest BCUT2D eigenvalue weighted by Gasteiger charge is -2.47. The highest BCUT2D eigenvalue weighted by atomic mass is 31.1. The first-order valence-electron chi connectivity index (χ1n) is 16.3. The van der Waals surface area contributed by atoms with Crippen molar-refractivity contribution in [3.05, 3.63) is 81.4 Å². The number of hydrogen-bond acceptors (Lipinski definition) is 0. The fourth-order valence-electron chi connectivity index (χ4n) is 9.03. The third-order valence-corrected chi connectivity index (χ3v) is 17.3. The summed E-state index contributed by atoms with van der Waals surface area (Å²) in [4.78, 5) is 0. The van der Waals surface area contributed by atoms with Crippen LogP contribution in [-0.4, -0.2) is 21.6 Å². The number of fused-ring (bicyclic) bond motifs is 2. The van der Waals surface area contributed by atoms with Crippen LogP contribution in [0, 0.1) is 0 Å². The molecule has 2 fully saturated rings. The number of hydrogen-bond donors (Lipinski definition) is 0. The van der Waals surface area contributed by atoms with E-state index in [1.807, 2.05) is 5.31 Å². The highest BCUT2D eigenvalue weighted by Gasteiger charge is 2.49. The predicted molar refractivity (Wildman–Crippen MR) is 181 cm³/mol. The summed E-state index contributed by atoms with van der Waals surface area (Å²) < 4.78 is 0. The second-order valence-electron chi connectivity index (χ2n) is 15.0. The Bertz CT molecular complexity index is 1220. The van der Waals surface area contributed by atoms with Crippen LogP contribution in [0.1, 0.15) is 140 Å². The third kappa shape index (κ3) is 5.47. The van der Waals surface area contributed by atoms with Crippen LogP contribution >= 0.6 is 15.8 Å². The Hall–Kier alpha value is -1.22. The number of allylic oxidation sites excluding steroid dienone is 2. The van der Waals surface area contributed by atoms with E-state index in [0.717, 1.165) is 11.3 Å².